The summed E-state index contributed by atoms with van der Waals surface area (Å²) in [4.78, 5) is 0. The molecule has 1 heterocycles. The fourth-order valence-electron chi connectivity index (χ4n) is 4.24. The smallest absolute Gasteiger partial charge is 0.192 e. The van der Waals surface area contributed by atoms with E-state index in [9.17, 15) is 0 Å². The molecule has 0 radical (unpaired) electrons. The Morgan fingerprint density at radius 1 is 0.957 bits per heavy atom. The third kappa shape index (κ3) is 2.74. The molecule has 0 aromatic heterocycles. The number of hydrogen-bond acceptors (Lipinski definition) is 2. The minimum Gasteiger partial charge on any atom is -0.343 e. The van der Waals surface area contributed by atoms with Crippen molar-refractivity contribution < 1.29 is 9.47 Å². The Morgan fingerprint density at radius 3 is 2.00 bits per heavy atom. The van der Waals surface area contributed by atoms with E-state index in [1.165, 1.54) is 35.1 Å². The van der Waals surface area contributed by atoms with Crippen LogP contribution in [0.4, 0.5) is 0 Å². The van der Waals surface area contributed by atoms with E-state index in [1.54, 1.807) is 0 Å². The SMILES string of the molecule is CCc1cc2c(cc1[C@@]1(C)OC[C@H](C)O1)C(C)(C)CCC2(C)C. The first-order chi connectivity index (χ1) is 10.6. The Hall–Kier alpha value is -0.860. The predicted octanol–water partition coefficient (Wildman–Crippen LogP) is 5.21. The molecule has 23 heavy (non-hydrogen) atoms. The first-order valence-electron chi connectivity index (χ1n) is 9.09. The Morgan fingerprint density at radius 2 is 1.52 bits per heavy atom. The van der Waals surface area contributed by atoms with Crippen molar-refractivity contribution in [3.63, 3.8) is 0 Å². The lowest BCUT2D eigenvalue weighted by Gasteiger charge is -2.43. The predicted molar refractivity (Wildman–Crippen MR) is 95.0 cm³/mol. The minimum absolute atomic E-state index is 0.158. The van der Waals surface area contributed by atoms with Gasteiger partial charge in [0.2, 0.25) is 0 Å². The van der Waals surface area contributed by atoms with E-state index < -0.39 is 5.79 Å². The van der Waals surface area contributed by atoms with Gasteiger partial charge in [0.05, 0.1) is 12.7 Å². The molecule has 0 bridgehead atoms. The average Bonchev–Trinajstić information content (AvgIpc) is 2.83. The molecule has 0 spiro atoms. The zero-order valence-corrected chi connectivity index (χ0v) is 15.9. The zero-order chi connectivity index (χ0) is 17.0. The molecule has 0 saturated carbocycles. The van der Waals surface area contributed by atoms with E-state index in [-0.39, 0.29) is 16.9 Å². The van der Waals surface area contributed by atoms with Gasteiger partial charge in [0.25, 0.3) is 0 Å². The zero-order valence-electron chi connectivity index (χ0n) is 15.9. The summed E-state index contributed by atoms with van der Waals surface area (Å²) in [6.45, 7) is 16.6. The second kappa shape index (κ2) is 5.32. The molecular formula is C21H32O2. The highest BCUT2D eigenvalue weighted by atomic mass is 16.7. The van der Waals surface area contributed by atoms with Crippen LogP contribution in [0.15, 0.2) is 12.1 Å². The van der Waals surface area contributed by atoms with Crippen LogP contribution in [0.5, 0.6) is 0 Å². The summed E-state index contributed by atoms with van der Waals surface area (Å²) in [6.07, 6.45) is 3.64. The van der Waals surface area contributed by atoms with Crippen molar-refractivity contribution in [1.82, 2.24) is 0 Å². The second-order valence-corrected chi connectivity index (χ2v) is 8.86. The van der Waals surface area contributed by atoms with E-state index in [0.29, 0.717) is 6.61 Å². The largest absolute Gasteiger partial charge is 0.343 e. The molecule has 1 aromatic carbocycles. The maximum atomic E-state index is 6.17. The Bertz CT molecular complexity index is 615. The van der Waals surface area contributed by atoms with Crippen molar-refractivity contribution in [2.24, 2.45) is 0 Å². The standard InChI is InChI=1S/C21H32O2/c1-8-15-11-17-18(20(5,6)10-9-19(17,3)4)12-16(15)21(7)22-13-14(2)23-21/h11-12,14H,8-10,13H2,1-7H3/t14-,21-/m0/s1. The Labute approximate surface area is 141 Å². The van der Waals surface area contributed by atoms with E-state index in [2.05, 4.69) is 60.6 Å². The third-order valence-corrected chi connectivity index (χ3v) is 5.97. The van der Waals surface area contributed by atoms with Crippen LogP contribution in [0.3, 0.4) is 0 Å². The van der Waals surface area contributed by atoms with Crippen LogP contribution < -0.4 is 0 Å². The summed E-state index contributed by atoms with van der Waals surface area (Å²) < 4.78 is 12.2. The molecular weight excluding hydrogens is 284 g/mol. The van der Waals surface area contributed by atoms with Crippen molar-refractivity contribution in [3.8, 4) is 0 Å². The molecule has 1 aliphatic heterocycles. The molecule has 2 aliphatic rings. The monoisotopic (exact) mass is 316 g/mol. The van der Waals surface area contributed by atoms with E-state index >= 15 is 0 Å². The summed E-state index contributed by atoms with van der Waals surface area (Å²) in [7, 11) is 0. The van der Waals surface area contributed by atoms with E-state index in [1.807, 2.05) is 0 Å². The number of rotatable bonds is 2. The van der Waals surface area contributed by atoms with Gasteiger partial charge in [0.1, 0.15) is 0 Å². The highest BCUT2D eigenvalue weighted by Crippen LogP contribution is 2.48. The van der Waals surface area contributed by atoms with Crippen LogP contribution in [0.2, 0.25) is 0 Å². The van der Waals surface area contributed by atoms with Gasteiger partial charge in [-0.25, -0.2) is 0 Å². The van der Waals surface area contributed by atoms with Crippen LogP contribution in [0.25, 0.3) is 0 Å². The number of ether oxygens (including phenoxy) is 2. The van der Waals surface area contributed by atoms with Gasteiger partial charge >= 0.3 is 0 Å². The lowest BCUT2D eigenvalue weighted by Crippen LogP contribution is -2.35. The van der Waals surface area contributed by atoms with Crippen LogP contribution >= 0.6 is 0 Å². The van der Waals surface area contributed by atoms with Crippen LogP contribution in [0.1, 0.15) is 83.6 Å². The first kappa shape index (κ1) is 17.0. The number of fused-ring (bicyclic) bond motifs is 1. The van der Waals surface area contributed by atoms with Crippen molar-refractivity contribution in [2.75, 3.05) is 6.61 Å². The van der Waals surface area contributed by atoms with Crippen molar-refractivity contribution in [3.05, 3.63) is 34.4 Å². The molecule has 3 rings (SSSR count). The van der Waals surface area contributed by atoms with Crippen molar-refractivity contribution in [2.45, 2.75) is 90.4 Å². The summed E-state index contributed by atoms with van der Waals surface area (Å²) in [5, 5.41) is 0. The molecule has 0 amide bonds. The minimum atomic E-state index is -0.600. The van der Waals surface area contributed by atoms with Gasteiger partial charge in [-0.3, -0.25) is 0 Å². The van der Waals surface area contributed by atoms with Crippen LogP contribution in [0, 0.1) is 0 Å². The van der Waals surface area contributed by atoms with Gasteiger partial charge < -0.3 is 9.47 Å². The topological polar surface area (TPSA) is 18.5 Å². The van der Waals surface area contributed by atoms with Crippen molar-refractivity contribution >= 4 is 0 Å². The molecule has 0 N–H and O–H groups in total. The van der Waals surface area contributed by atoms with Gasteiger partial charge in [-0.1, -0.05) is 40.7 Å². The molecule has 1 aromatic rings. The van der Waals surface area contributed by atoms with Gasteiger partial charge in [-0.2, -0.15) is 0 Å². The maximum absolute atomic E-state index is 6.17. The summed E-state index contributed by atoms with van der Waals surface area (Å²) >= 11 is 0. The summed E-state index contributed by atoms with van der Waals surface area (Å²) in [6, 6.07) is 4.83. The fraction of sp³-hybridized carbons (Fsp3) is 0.714. The molecule has 1 fully saturated rings. The fourth-order valence-corrected chi connectivity index (χ4v) is 4.24. The van der Waals surface area contributed by atoms with Crippen molar-refractivity contribution in [1.29, 1.82) is 0 Å². The van der Waals surface area contributed by atoms with Gasteiger partial charge in [-0.15, -0.1) is 0 Å². The molecule has 2 heteroatoms. The Kier molecular flexibility index (Phi) is 3.93. The van der Waals surface area contributed by atoms with Crippen LogP contribution in [-0.2, 0) is 32.5 Å². The van der Waals surface area contributed by atoms with Crippen LogP contribution in [-0.4, -0.2) is 12.7 Å². The van der Waals surface area contributed by atoms with E-state index in [4.69, 9.17) is 9.47 Å². The maximum Gasteiger partial charge on any atom is 0.192 e. The molecule has 2 nitrogen and oxygen atoms in total. The second-order valence-electron chi connectivity index (χ2n) is 8.86. The average molecular weight is 316 g/mol. The lowest BCUT2D eigenvalue weighted by molar-refractivity contribution is -0.160. The number of hydrogen-bond donors (Lipinski definition) is 0. The Balaban J connectivity index is 2.20. The third-order valence-electron chi connectivity index (χ3n) is 5.97. The summed E-state index contributed by atoms with van der Waals surface area (Å²) in [5.74, 6) is -0.600. The number of benzene rings is 1. The van der Waals surface area contributed by atoms with Gasteiger partial charge in [0.15, 0.2) is 5.79 Å². The molecule has 128 valence electrons. The summed E-state index contributed by atoms with van der Waals surface area (Å²) in [5.41, 5.74) is 6.06. The normalized spacial score (nSPS) is 31.9. The first-order valence-corrected chi connectivity index (χ1v) is 9.09. The molecule has 1 aliphatic carbocycles. The lowest BCUT2D eigenvalue weighted by atomic mass is 9.62. The quantitative estimate of drug-likeness (QED) is 0.746. The molecule has 2 atom stereocenters. The highest BCUT2D eigenvalue weighted by Gasteiger charge is 2.42. The van der Waals surface area contributed by atoms with Gasteiger partial charge in [0, 0.05) is 5.56 Å². The molecule has 1 saturated heterocycles. The number of aryl methyl sites for hydroxylation is 1. The molecule has 0 unspecified atom stereocenters. The highest BCUT2D eigenvalue weighted by molar-refractivity contribution is 5.48. The van der Waals surface area contributed by atoms with E-state index in [0.717, 1.165) is 6.42 Å². The van der Waals surface area contributed by atoms with Gasteiger partial charge in [-0.05, 0) is 66.7 Å².